The maximum atomic E-state index is 5.11. The first-order chi connectivity index (χ1) is 25.8. The summed E-state index contributed by atoms with van der Waals surface area (Å²) in [6.07, 6.45) is 3.94. The molecule has 52 heavy (non-hydrogen) atoms. The normalized spacial score (nSPS) is 12.2. The van der Waals surface area contributed by atoms with Crippen molar-refractivity contribution in [2.75, 3.05) is 0 Å². The minimum absolute atomic E-state index is 1.00. The van der Waals surface area contributed by atoms with E-state index in [1.54, 1.807) is 0 Å². The molecule has 0 N–H and O–H groups in total. The van der Waals surface area contributed by atoms with Gasteiger partial charge in [0.2, 0.25) is 0 Å². The summed E-state index contributed by atoms with van der Waals surface area (Å²) >= 11 is 0. The van der Waals surface area contributed by atoms with Gasteiger partial charge in [-0.25, -0.2) is 0 Å². The van der Waals surface area contributed by atoms with E-state index in [0.29, 0.717) is 0 Å². The van der Waals surface area contributed by atoms with Gasteiger partial charge in [0.25, 0.3) is 0 Å². The van der Waals surface area contributed by atoms with Crippen LogP contribution in [0.1, 0.15) is 0 Å². The van der Waals surface area contributed by atoms with E-state index in [2.05, 4.69) is 167 Å². The van der Waals surface area contributed by atoms with Gasteiger partial charge in [-0.1, -0.05) is 97.1 Å². The number of nitrogens with zero attached hydrogens (tertiary/aromatic N) is 4. The third kappa shape index (κ3) is 3.70. The Morgan fingerprint density at radius 2 is 1.06 bits per heavy atom. The van der Waals surface area contributed by atoms with E-state index < -0.39 is 0 Å². The molecule has 0 unspecified atom stereocenters. The first kappa shape index (κ1) is 27.7. The van der Waals surface area contributed by atoms with E-state index in [9.17, 15) is 0 Å². The number of hydrogen-bond donors (Lipinski definition) is 0. The molecule has 4 heteroatoms. The minimum Gasteiger partial charge on any atom is -0.309 e. The molecule has 0 saturated heterocycles. The maximum Gasteiger partial charge on any atom is 0.0809 e. The van der Waals surface area contributed by atoms with Crippen molar-refractivity contribution in [2.24, 2.45) is 0 Å². The summed E-state index contributed by atoms with van der Waals surface area (Å²) in [6, 6.07) is 57.3. The molecule has 0 atom stereocenters. The second-order valence-corrected chi connectivity index (χ2v) is 13.8. The lowest BCUT2D eigenvalue weighted by Gasteiger charge is -2.11. The zero-order valence-corrected chi connectivity index (χ0v) is 28.0. The highest BCUT2D eigenvalue weighted by atomic mass is 15.0. The average molecular weight is 661 g/mol. The lowest BCUT2D eigenvalue weighted by molar-refractivity contribution is 1.15. The van der Waals surface area contributed by atoms with Crippen LogP contribution < -0.4 is 0 Å². The molecule has 0 fully saturated rings. The highest BCUT2D eigenvalue weighted by Gasteiger charge is 2.25. The number of fused-ring (bicyclic) bond motifs is 11. The maximum absolute atomic E-state index is 5.11. The van der Waals surface area contributed by atoms with Crippen LogP contribution in [0.5, 0.6) is 0 Å². The monoisotopic (exact) mass is 660 g/mol. The quantitative estimate of drug-likeness (QED) is 0.189. The first-order valence-corrected chi connectivity index (χ1v) is 17.7. The molecule has 4 nitrogen and oxygen atoms in total. The molecule has 0 aliphatic heterocycles. The fraction of sp³-hybridized carbons (Fsp3) is 0. The van der Waals surface area contributed by atoms with Crippen molar-refractivity contribution in [3.63, 3.8) is 0 Å². The van der Waals surface area contributed by atoms with Crippen molar-refractivity contribution < 1.29 is 0 Å². The minimum atomic E-state index is 1.00. The van der Waals surface area contributed by atoms with Crippen molar-refractivity contribution in [3.8, 4) is 45.0 Å². The molecule has 0 radical (unpaired) electrons. The third-order valence-electron chi connectivity index (χ3n) is 11.1. The zero-order chi connectivity index (χ0) is 33.9. The fourth-order valence-electron chi connectivity index (χ4n) is 8.86. The molecule has 4 heterocycles. The average Bonchev–Trinajstić information content (AvgIpc) is 3.84. The van der Waals surface area contributed by atoms with Gasteiger partial charge in [-0.15, -0.1) is 0 Å². The van der Waals surface area contributed by atoms with E-state index in [-0.39, 0.29) is 0 Å². The highest BCUT2D eigenvalue weighted by molar-refractivity contribution is 6.22. The molecular formula is C48H28N4. The summed E-state index contributed by atoms with van der Waals surface area (Å²) in [5.74, 6) is 0. The summed E-state index contributed by atoms with van der Waals surface area (Å²) in [7, 11) is 0. The topological polar surface area (TPSA) is 35.6 Å². The molecule has 4 aromatic heterocycles. The van der Waals surface area contributed by atoms with Crippen LogP contribution in [-0.4, -0.2) is 19.1 Å². The molecule has 11 aromatic rings. The van der Waals surface area contributed by atoms with Crippen LogP contribution in [0, 0.1) is 0 Å². The summed E-state index contributed by atoms with van der Waals surface area (Å²) in [5.41, 5.74) is 13.6. The lowest BCUT2D eigenvalue weighted by Crippen LogP contribution is -1.96. The smallest absolute Gasteiger partial charge is 0.0809 e. The number of aromatic nitrogens is 4. The van der Waals surface area contributed by atoms with Crippen molar-refractivity contribution in [2.45, 2.75) is 0 Å². The molecular weight excluding hydrogens is 633 g/mol. The summed E-state index contributed by atoms with van der Waals surface area (Å²) in [5, 5.41) is 9.83. The van der Waals surface area contributed by atoms with Crippen molar-refractivity contribution in [3.05, 3.63) is 170 Å². The molecule has 0 spiro atoms. The summed E-state index contributed by atoms with van der Waals surface area (Å²) < 4.78 is 4.75. The van der Waals surface area contributed by atoms with Gasteiger partial charge >= 0.3 is 0 Å². The Labute approximate surface area is 298 Å². The standard InChI is InChI=1S/C48H28N4/c1-2-11-33(12-3-1)51-41-16-7-6-14-36(41)38-25-31(18-20-42(38)51)32-19-21-43-39(26-32)46-35-13-5-4-9-29(35)17-22-44(46)52(43)34-27-40-47(50-28-34)37-15-8-10-30-23-24-49-48(40)45(30)37/h1-28H. The van der Waals surface area contributed by atoms with Gasteiger partial charge in [0.05, 0.1) is 45.3 Å². The van der Waals surface area contributed by atoms with Gasteiger partial charge < -0.3 is 9.13 Å². The van der Waals surface area contributed by atoms with Crippen molar-refractivity contribution in [1.82, 2.24) is 19.1 Å². The van der Waals surface area contributed by atoms with E-state index >= 15 is 0 Å². The first-order valence-electron chi connectivity index (χ1n) is 17.7. The number of benzene rings is 7. The molecule has 240 valence electrons. The molecule has 0 amide bonds. The number of pyridine rings is 2. The van der Waals surface area contributed by atoms with Crippen LogP contribution in [0.25, 0.3) is 110 Å². The Bertz CT molecular complexity index is 3290. The predicted octanol–water partition coefficient (Wildman–Crippen LogP) is 12.3. The Kier molecular flexibility index (Phi) is 5.47. The predicted molar refractivity (Wildman–Crippen MR) is 216 cm³/mol. The molecule has 12 rings (SSSR count). The van der Waals surface area contributed by atoms with Gasteiger partial charge in [0.15, 0.2) is 0 Å². The van der Waals surface area contributed by atoms with Crippen LogP contribution in [0.2, 0.25) is 0 Å². The van der Waals surface area contributed by atoms with Crippen LogP contribution in [-0.2, 0) is 0 Å². The number of rotatable bonds is 3. The van der Waals surface area contributed by atoms with E-state index in [1.165, 1.54) is 70.9 Å². The van der Waals surface area contributed by atoms with Crippen molar-refractivity contribution in [1.29, 1.82) is 0 Å². The Morgan fingerprint density at radius 3 is 1.94 bits per heavy atom. The van der Waals surface area contributed by atoms with Crippen LogP contribution in [0.4, 0.5) is 0 Å². The molecule has 1 aliphatic rings. The molecule has 0 bridgehead atoms. The van der Waals surface area contributed by atoms with Crippen LogP contribution >= 0.6 is 0 Å². The number of hydrogen-bond acceptors (Lipinski definition) is 2. The third-order valence-corrected chi connectivity index (χ3v) is 11.1. The van der Waals surface area contributed by atoms with E-state index in [1.807, 2.05) is 12.4 Å². The zero-order valence-electron chi connectivity index (χ0n) is 28.0. The summed E-state index contributed by atoms with van der Waals surface area (Å²) in [6.45, 7) is 0. The number of para-hydroxylation sites is 2. The largest absolute Gasteiger partial charge is 0.309 e. The van der Waals surface area contributed by atoms with E-state index in [4.69, 9.17) is 9.97 Å². The Morgan fingerprint density at radius 1 is 0.365 bits per heavy atom. The highest BCUT2D eigenvalue weighted by Crippen LogP contribution is 2.46. The van der Waals surface area contributed by atoms with Gasteiger partial charge in [-0.2, -0.15) is 0 Å². The van der Waals surface area contributed by atoms with Gasteiger partial charge in [-0.05, 0) is 87.9 Å². The van der Waals surface area contributed by atoms with Crippen LogP contribution in [0.3, 0.4) is 0 Å². The van der Waals surface area contributed by atoms with Gasteiger partial charge in [0.1, 0.15) is 0 Å². The molecule has 1 aliphatic carbocycles. The second kappa shape index (κ2) is 10.3. The summed E-state index contributed by atoms with van der Waals surface area (Å²) in [4.78, 5) is 9.97. The Hall–Kier alpha value is -7.04. The molecule has 0 saturated carbocycles. The van der Waals surface area contributed by atoms with Crippen molar-refractivity contribution >= 4 is 65.2 Å². The Balaban J connectivity index is 1.10. The van der Waals surface area contributed by atoms with Gasteiger partial charge in [0, 0.05) is 49.9 Å². The second-order valence-electron chi connectivity index (χ2n) is 13.8. The molecule has 7 aromatic carbocycles. The SMILES string of the molecule is c1ccc(-n2c3ccccc3c3cc(-c4ccc5c(c4)c4c6ccccc6ccc4n5-c4cnc5c(c4)-c4nccc6cccc-5c46)ccc32)cc1. The van der Waals surface area contributed by atoms with Crippen LogP contribution in [0.15, 0.2) is 170 Å². The fourth-order valence-corrected chi connectivity index (χ4v) is 8.86. The lowest BCUT2D eigenvalue weighted by atomic mass is 9.99. The van der Waals surface area contributed by atoms with E-state index in [0.717, 1.165) is 39.2 Å². The van der Waals surface area contributed by atoms with Gasteiger partial charge in [-0.3, -0.25) is 9.97 Å².